The molecule has 2 aliphatic rings. The van der Waals surface area contributed by atoms with Crippen LogP contribution in [0.15, 0.2) is 297 Å². The Labute approximate surface area is 427 Å². The Bertz CT molecular complexity index is 3920. The summed E-state index contributed by atoms with van der Waals surface area (Å²) in [6.45, 7) is 0. The molecule has 1 heteroatoms. The van der Waals surface area contributed by atoms with E-state index in [1.807, 2.05) is 0 Å². The molecule has 1 nitrogen and oxygen atoms in total. The molecule has 14 rings (SSSR count). The second-order valence-corrected chi connectivity index (χ2v) is 19.5. The average molecular weight is 928 g/mol. The van der Waals surface area contributed by atoms with Gasteiger partial charge in [-0.05, 0) is 142 Å². The number of hydrogen-bond acceptors (Lipinski definition) is 1. The maximum Gasteiger partial charge on any atom is 0.0714 e. The molecular formula is C72H49N. The molecule has 0 atom stereocenters. The smallest absolute Gasteiger partial charge is 0.0714 e. The number of hydrogen-bond donors (Lipinski definition) is 0. The maximum absolute atomic E-state index is 2.47. The number of anilines is 3. The van der Waals surface area contributed by atoms with Crippen LogP contribution in [0, 0.1) is 0 Å². The van der Waals surface area contributed by atoms with E-state index in [9.17, 15) is 0 Å². The average Bonchev–Trinajstić information content (AvgIpc) is 3.95. The normalized spacial score (nSPS) is 13.4. The van der Waals surface area contributed by atoms with Gasteiger partial charge in [0, 0.05) is 17.1 Å². The largest absolute Gasteiger partial charge is 0.310 e. The van der Waals surface area contributed by atoms with Crippen molar-refractivity contribution in [1.29, 1.82) is 0 Å². The molecular weight excluding hydrogens is 879 g/mol. The van der Waals surface area contributed by atoms with Gasteiger partial charge in [0.2, 0.25) is 0 Å². The van der Waals surface area contributed by atoms with E-state index in [0.29, 0.717) is 0 Å². The van der Waals surface area contributed by atoms with Crippen molar-refractivity contribution < 1.29 is 0 Å². The van der Waals surface area contributed by atoms with Crippen LogP contribution in [0.5, 0.6) is 0 Å². The van der Waals surface area contributed by atoms with Gasteiger partial charge in [0.1, 0.15) is 0 Å². The minimum Gasteiger partial charge on any atom is -0.310 e. The summed E-state index contributed by atoms with van der Waals surface area (Å²) in [4.78, 5) is 2.46. The van der Waals surface area contributed by atoms with Gasteiger partial charge in [0.15, 0.2) is 0 Å². The van der Waals surface area contributed by atoms with Gasteiger partial charge >= 0.3 is 0 Å². The molecule has 0 amide bonds. The third kappa shape index (κ3) is 6.56. The zero-order chi connectivity index (χ0) is 48.3. The fourth-order valence-corrected chi connectivity index (χ4v) is 12.7. The van der Waals surface area contributed by atoms with Crippen LogP contribution in [0.25, 0.3) is 55.3 Å². The van der Waals surface area contributed by atoms with E-state index < -0.39 is 10.8 Å². The lowest BCUT2D eigenvalue weighted by Gasteiger charge is -2.35. The van der Waals surface area contributed by atoms with Crippen molar-refractivity contribution in [2.75, 3.05) is 4.90 Å². The van der Waals surface area contributed by atoms with E-state index in [0.717, 1.165) is 17.1 Å². The third-order valence-electron chi connectivity index (χ3n) is 15.8. The Hall–Kier alpha value is -9.30. The first kappa shape index (κ1) is 42.6. The summed E-state index contributed by atoms with van der Waals surface area (Å²) in [6, 6.07) is 110. The Morgan fingerprint density at radius 3 is 1.22 bits per heavy atom. The number of nitrogens with zero attached hydrogens (tertiary/aromatic N) is 1. The second-order valence-electron chi connectivity index (χ2n) is 19.5. The molecule has 0 aliphatic heterocycles. The lowest BCUT2D eigenvalue weighted by Crippen LogP contribution is -2.28. The number of benzene rings is 12. The van der Waals surface area contributed by atoms with Crippen LogP contribution < -0.4 is 4.90 Å². The molecule has 73 heavy (non-hydrogen) atoms. The quantitative estimate of drug-likeness (QED) is 0.139. The summed E-state index contributed by atoms with van der Waals surface area (Å²) in [6.07, 6.45) is 0. The van der Waals surface area contributed by atoms with Crippen molar-refractivity contribution in [3.8, 4) is 44.5 Å². The zero-order valence-electron chi connectivity index (χ0n) is 40.2. The van der Waals surface area contributed by atoms with E-state index in [2.05, 4.69) is 302 Å². The summed E-state index contributed by atoms with van der Waals surface area (Å²) in [5.41, 5.74) is 22.3. The highest BCUT2D eigenvalue weighted by atomic mass is 15.1. The number of fused-ring (bicyclic) bond motifs is 7. The number of rotatable bonds is 9. The SMILES string of the molecule is c1ccc(C2(c3ccccc3)c3ccccc3-c3ccc(-c4ccc(N(c5cccc(-c6cccc7ccccc67)c5)c5ccc6c(c5)C(c5ccccc5)(c5ccccc5)c5ccccc5-6)cc4)cc32)cc1. The fraction of sp³-hybridized carbons (Fsp3) is 0.0278. The van der Waals surface area contributed by atoms with Crippen molar-refractivity contribution in [2.45, 2.75) is 10.8 Å². The van der Waals surface area contributed by atoms with Crippen molar-refractivity contribution in [3.05, 3.63) is 342 Å². The van der Waals surface area contributed by atoms with Gasteiger partial charge in [-0.2, -0.15) is 0 Å². The first-order chi connectivity index (χ1) is 36.2. The first-order valence-corrected chi connectivity index (χ1v) is 25.4. The van der Waals surface area contributed by atoms with Gasteiger partial charge in [-0.25, -0.2) is 0 Å². The van der Waals surface area contributed by atoms with Crippen LogP contribution in [0.4, 0.5) is 17.1 Å². The van der Waals surface area contributed by atoms with E-state index in [4.69, 9.17) is 0 Å². The molecule has 0 bridgehead atoms. The third-order valence-corrected chi connectivity index (χ3v) is 15.8. The Kier molecular flexibility index (Phi) is 10.0. The molecule has 12 aromatic rings. The molecule has 0 aromatic heterocycles. The van der Waals surface area contributed by atoms with Gasteiger partial charge < -0.3 is 4.90 Å². The highest BCUT2D eigenvalue weighted by Gasteiger charge is 2.47. The van der Waals surface area contributed by atoms with Crippen LogP contribution in [0.2, 0.25) is 0 Å². The maximum atomic E-state index is 2.47. The minimum absolute atomic E-state index is 0.474. The summed E-state index contributed by atoms with van der Waals surface area (Å²) in [5.74, 6) is 0. The van der Waals surface area contributed by atoms with Gasteiger partial charge in [0.05, 0.1) is 10.8 Å². The van der Waals surface area contributed by atoms with Gasteiger partial charge in [-0.3, -0.25) is 0 Å². The molecule has 0 N–H and O–H groups in total. The van der Waals surface area contributed by atoms with Crippen LogP contribution >= 0.6 is 0 Å². The predicted molar refractivity (Wildman–Crippen MR) is 304 cm³/mol. The molecule has 0 saturated carbocycles. The molecule has 342 valence electrons. The monoisotopic (exact) mass is 927 g/mol. The van der Waals surface area contributed by atoms with Crippen molar-refractivity contribution in [2.24, 2.45) is 0 Å². The molecule has 0 saturated heterocycles. The predicted octanol–water partition coefficient (Wildman–Crippen LogP) is 18.4. The molecule has 0 fully saturated rings. The van der Waals surface area contributed by atoms with Gasteiger partial charge in [-0.1, -0.05) is 255 Å². The standard InChI is InChI=1S/C72H49N/c1-5-24-54(25-6-1)71(55-26-7-2-8-27-55)67-37-17-15-34-63(67)65-45-41-52(48-69(65)71)50-39-42-58(43-40-50)73(59-32-19-23-53(47-59)62-36-20-22-51-21-13-14-33-61(51)62)60-44-46-66-64-35-16-18-38-68(64)72(70(66)49-60,56-28-9-3-10-29-56)57-30-11-4-12-31-57/h1-49H. The summed E-state index contributed by atoms with van der Waals surface area (Å²) >= 11 is 0. The topological polar surface area (TPSA) is 3.24 Å². The van der Waals surface area contributed by atoms with Crippen LogP contribution in [-0.4, -0.2) is 0 Å². The van der Waals surface area contributed by atoms with Gasteiger partial charge in [-0.15, -0.1) is 0 Å². The Morgan fingerprint density at radius 1 is 0.219 bits per heavy atom. The van der Waals surface area contributed by atoms with Gasteiger partial charge in [0.25, 0.3) is 0 Å². The van der Waals surface area contributed by atoms with Crippen LogP contribution in [0.1, 0.15) is 44.5 Å². The van der Waals surface area contributed by atoms with E-state index in [-0.39, 0.29) is 0 Å². The van der Waals surface area contributed by atoms with Crippen molar-refractivity contribution >= 4 is 27.8 Å². The summed E-state index contributed by atoms with van der Waals surface area (Å²) in [5, 5.41) is 2.47. The molecule has 2 aliphatic carbocycles. The first-order valence-electron chi connectivity index (χ1n) is 25.4. The second kappa shape index (κ2) is 17.2. The molecule has 0 unspecified atom stereocenters. The summed E-state index contributed by atoms with van der Waals surface area (Å²) < 4.78 is 0. The zero-order valence-corrected chi connectivity index (χ0v) is 40.2. The lowest BCUT2D eigenvalue weighted by molar-refractivity contribution is 0.768. The van der Waals surface area contributed by atoms with Crippen molar-refractivity contribution in [3.63, 3.8) is 0 Å². The van der Waals surface area contributed by atoms with Crippen LogP contribution in [0.3, 0.4) is 0 Å². The molecule has 0 spiro atoms. The lowest BCUT2D eigenvalue weighted by atomic mass is 9.67. The molecule has 0 heterocycles. The molecule has 0 radical (unpaired) electrons. The Morgan fingerprint density at radius 2 is 0.630 bits per heavy atom. The van der Waals surface area contributed by atoms with E-state index in [1.54, 1.807) is 0 Å². The van der Waals surface area contributed by atoms with Crippen LogP contribution in [-0.2, 0) is 10.8 Å². The highest BCUT2D eigenvalue weighted by Crippen LogP contribution is 2.59. The summed E-state index contributed by atoms with van der Waals surface area (Å²) in [7, 11) is 0. The Balaban J connectivity index is 0.953. The van der Waals surface area contributed by atoms with E-state index in [1.165, 1.54) is 99.8 Å². The van der Waals surface area contributed by atoms with E-state index >= 15 is 0 Å². The van der Waals surface area contributed by atoms with Crippen molar-refractivity contribution in [1.82, 2.24) is 0 Å². The molecule has 12 aromatic carbocycles. The fourth-order valence-electron chi connectivity index (χ4n) is 12.7. The minimum atomic E-state index is -0.535. The highest BCUT2D eigenvalue weighted by molar-refractivity contribution is 5.98.